The molecule has 0 aromatic rings. The molecule has 0 unspecified atom stereocenters. The van der Waals surface area contributed by atoms with E-state index in [2.05, 4.69) is 9.62 Å². The zero-order valence-electron chi connectivity index (χ0n) is 9.91. The van der Waals surface area contributed by atoms with Crippen molar-refractivity contribution in [2.24, 2.45) is 0 Å². The van der Waals surface area contributed by atoms with Crippen LogP contribution in [0.4, 0.5) is 0 Å². The molecular weight excluding hydrogens is 212 g/mol. The van der Waals surface area contributed by atoms with E-state index < -0.39 is 10.0 Å². The topological polar surface area (TPSA) is 49.4 Å². The van der Waals surface area contributed by atoms with Crippen molar-refractivity contribution in [1.82, 2.24) is 9.62 Å². The second kappa shape index (κ2) is 4.80. The van der Waals surface area contributed by atoms with Crippen LogP contribution in [0.1, 0.15) is 32.6 Å². The summed E-state index contributed by atoms with van der Waals surface area (Å²) in [6.07, 6.45) is 4.58. The molecule has 1 aliphatic carbocycles. The number of nitrogens with one attached hydrogen (secondary N) is 1. The Hall–Kier alpha value is -0.130. The maximum absolute atomic E-state index is 11.4. The number of hydrogen-bond acceptors (Lipinski definition) is 3. The molecule has 0 atom stereocenters. The van der Waals surface area contributed by atoms with E-state index in [0.29, 0.717) is 6.54 Å². The zero-order valence-corrected chi connectivity index (χ0v) is 10.7. The van der Waals surface area contributed by atoms with Crippen LogP contribution in [-0.4, -0.2) is 45.2 Å². The first kappa shape index (κ1) is 12.9. The standard InChI is InChI=1S/C10H22N2O2S/c1-4-15(13,14)11-9-10(12(2)3)7-5-6-8-10/h11H,4-9H2,1-3H3. The lowest BCUT2D eigenvalue weighted by Crippen LogP contribution is -2.50. The van der Waals surface area contributed by atoms with Gasteiger partial charge in [-0.2, -0.15) is 0 Å². The van der Waals surface area contributed by atoms with E-state index in [1.54, 1.807) is 6.92 Å². The van der Waals surface area contributed by atoms with Crippen LogP contribution in [0, 0.1) is 0 Å². The summed E-state index contributed by atoms with van der Waals surface area (Å²) in [5, 5.41) is 0. The van der Waals surface area contributed by atoms with Crippen LogP contribution in [0.25, 0.3) is 0 Å². The van der Waals surface area contributed by atoms with Crippen LogP contribution >= 0.6 is 0 Å². The Morgan fingerprint density at radius 3 is 2.20 bits per heavy atom. The summed E-state index contributed by atoms with van der Waals surface area (Å²) in [7, 11) is 1.01. The molecular formula is C10H22N2O2S. The third kappa shape index (κ3) is 3.16. The summed E-state index contributed by atoms with van der Waals surface area (Å²) in [6, 6.07) is 0. The molecule has 1 saturated carbocycles. The van der Waals surface area contributed by atoms with Crippen molar-refractivity contribution in [3.8, 4) is 0 Å². The Morgan fingerprint density at radius 2 is 1.80 bits per heavy atom. The van der Waals surface area contributed by atoms with Gasteiger partial charge in [0.05, 0.1) is 5.75 Å². The monoisotopic (exact) mass is 234 g/mol. The molecule has 0 aromatic heterocycles. The molecule has 0 amide bonds. The molecule has 0 spiro atoms. The smallest absolute Gasteiger partial charge is 0.211 e. The highest BCUT2D eigenvalue weighted by atomic mass is 32.2. The third-order valence-corrected chi connectivity index (χ3v) is 4.83. The summed E-state index contributed by atoms with van der Waals surface area (Å²) < 4.78 is 25.5. The van der Waals surface area contributed by atoms with Crippen molar-refractivity contribution in [3.05, 3.63) is 0 Å². The van der Waals surface area contributed by atoms with Gasteiger partial charge in [-0.25, -0.2) is 13.1 Å². The highest BCUT2D eigenvalue weighted by Crippen LogP contribution is 2.33. The molecule has 1 fully saturated rings. The number of sulfonamides is 1. The Labute approximate surface area is 93.1 Å². The van der Waals surface area contributed by atoms with Crippen molar-refractivity contribution >= 4 is 10.0 Å². The van der Waals surface area contributed by atoms with E-state index in [0.717, 1.165) is 12.8 Å². The van der Waals surface area contributed by atoms with E-state index in [1.165, 1.54) is 12.8 Å². The van der Waals surface area contributed by atoms with E-state index in [9.17, 15) is 8.42 Å². The highest BCUT2D eigenvalue weighted by Gasteiger charge is 2.36. The summed E-state index contributed by atoms with van der Waals surface area (Å²) in [5.41, 5.74) is 0.0439. The van der Waals surface area contributed by atoms with Gasteiger partial charge in [0.25, 0.3) is 0 Å². The van der Waals surface area contributed by atoms with Crippen molar-refractivity contribution in [2.75, 3.05) is 26.4 Å². The molecule has 0 aliphatic heterocycles. The molecule has 1 rings (SSSR count). The molecule has 0 radical (unpaired) electrons. The van der Waals surface area contributed by atoms with Crippen molar-refractivity contribution in [1.29, 1.82) is 0 Å². The molecule has 90 valence electrons. The van der Waals surface area contributed by atoms with Gasteiger partial charge in [-0.15, -0.1) is 0 Å². The maximum Gasteiger partial charge on any atom is 0.211 e. The molecule has 1 aliphatic rings. The van der Waals surface area contributed by atoms with Crippen molar-refractivity contribution in [2.45, 2.75) is 38.1 Å². The van der Waals surface area contributed by atoms with E-state index in [4.69, 9.17) is 0 Å². The Morgan fingerprint density at radius 1 is 1.27 bits per heavy atom. The van der Waals surface area contributed by atoms with E-state index >= 15 is 0 Å². The van der Waals surface area contributed by atoms with Gasteiger partial charge < -0.3 is 4.90 Å². The molecule has 0 saturated heterocycles. The highest BCUT2D eigenvalue weighted by molar-refractivity contribution is 7.89. The zero-order chi connectivity index (χ0) is 11.5. The molecule has 0 heterocycles. The summed E-state index contributed by atoms with van der Waals surface area (Å²) in [4.78, 5) is 2.16. The number of hydrogen-bond donors (Lipinski definition) is 1. The second-order valence-corrected chi connectivity index (χ2v) is 6.65. The van der Waals surface area contributed by atoms with Gasteiger partial charge in [0.1, 0.15) is 0 Å². The molecule has 4 nitrogen and oxygen atoms in total. The van der Waals surface area contributed by atoms with Gasteiger partial charge in [0.2, 0.25) is 10.0 Å². The predicted octanol–water partition coefficient (Wildman–Crippen LogP) is 0.800. The van der Waals surface area contributed by atoms with Gasteiger partial charge in [0, 0.05) is 12.1 Å². The van der Waals surface area contributed by atoms with Crippen LogP contribution in [0.2, 0.25) is 0 Å². The Kier molecular flexibility index (Phi) is 4.14. The minimum Gasteiger partial charge on any atom is -0.302 e. The van der Waals surface area contributed by atoms with Crippen LogP contribution < -0.4 is 4.72 Å². The van der Waals surface area contributed by atoms with Crippen molar-refractivity contribution < 1.29 is 8.42 Å². The van der Waals surface area contributed by atoms with Crippen molar-refractivity contribution in [3.63, 3.8) is 0 Å². The van der Waals surface area contributed by atoms with Crippen LogP contribution in [0.3, 0.4) is 0 Å². The lowest BCUT2D eigenvalue weighted by molar-refractivity contribution is 0.162. The predicted molar refractivity (Wildman–Crippen MR) is 62.3 cm³/mol. The number of rotatable bonds is 5. The second-order valence-electron chi connectivity index (χ2n) is 4.55. The average Bonchev–Trinajstić information content (AvgIpc) is 2.65. The summed E-state index contributed by atoms with van der Waals surface area (Å²) in [6.45, 7) is 2.22. The molecule has 5 heteroatoms. The van der Waals surface area contributed by atoms with Gasteiger partial charge in [-0.05, 0) is 33.9 Å². The molecule has 15 heavy (non-hydrogen) atoms. The minimum absolute atomic E-state index is 0.0439. The summed E-state index contributed by atoms with van der Waals surface area (Å²) >= 11 is 0. The molecule has 0 bridgehead atoms. The normalized spacial score (nSPS) is 21.1. The van der Waals surface area contributed by atoms with E-state index in [1.807, 2.05) is 14.1 Å². The largest absolute Gasteiger partial charge is 0.302 e. The van der Waals surface area contributed by atoms with Gasteiger partial charge in [0.15, 0.2) is 0 Å². The fraction of sp³-hybridized carbons (Fsp3) is 1.00. The number of nitrogens with zero attached hydrogens (tertiary/aromatic N) is 1. The summed E-state index contributed by atoms with van der Waals surface area (Å²) in [5.74, 6) is 0.163. The van der Waals surface area contributed by atoms with E-state index in [-0.39, 0.29) is 11.3 Å². The fourth-order valence-electron chi connectivity index (χ4n) is 2.16. The lowest BCUT2D eigenvalue weighted by atomic mass is 9.97. The quantitative estimate of drug-likeness (QED) is 0.765. The van der Waals surface area contributed by atoms with Gasteiger partial charge >= 0.3 is 0 Å². The minimum atomic E-state index is -3.06. The Balaban J connectivity index is 2.61. The third-order valence-electron chi connectivity index (χ3n) is 3.48. The fourth-order valence-corrected chi connectivity index (χ4v) is 2.85. The number of likely N-dealkylation sites (N-methyl/N-ethyl adjacent to an activating group) is 1. The first-order valence-electron chi connectivity index (χ1n) is 5.57. The molecule has 0 aromatic carbocycles. The first-order valence-corrected chi connectivity index (χ1v) is 7.22. The average molecular weight is 234 g/mol. The molecule has 1 N–H and O–H groups in total. The first-order chi connectivity index (χ1) is 6.92. The Bertz CT molecular complexity index is 293. The van der Waals surface area contributed by atoms with Crippen LogP contribution in [0.5, 0.6) is 0 Å². The lowest BCUT2D eigenvalue weighted by Gasteiger charge is -2.36. The van der Waals surface area contributed by atoms with Gasteiger partial charge in [-0.1, -0.05) is 12.8 Å². The van der Waals surface area contributed by atoms with Crippen LogP contribution in [-0.2, 0) is 10.0 Å². The van der Waals surface area contributed by atoms with Crippen LogP contribution in [0.15, 0.2) is 0 Å². The SMILES string of the molecule is CCS(=O)(=O)NCC1(N(C)C)CCCC1. The maximum atomic E-state index is 11.4. The van der Waals surface area contributed by atoms with Gasteiger partial charge in [-0.3, -0.25) is 0 Å².